The van der Waals surface area contributed by atoms with Crippen molar-refractivity contribution in [1.29, 1.82) is 5.26 Å². The molecule has 0 spiro atoms. The molecule has 0 amide bonds. The van der Waals surface area contributed by atoms with Crippen LogP contribution in [-0.2, 0) is 9.53 Å². The van der Waals surface area contributed by atoms with Gasteiger partial charge in [0.25, 0.3) is 0 Å². The molecular weight excluding hydrogens is 562 g/mol. The molecule has 3 aromatic heterocycles. The number of carbonyl (C=O) groups is 1. The fraction of sp³-hybridized carbons (Fsp3) is 0.219. The van der Waals surface area contributed by atoms with E-state index in [2.05, 4.69) is 40.1 Å². The first kappa shape index (κ1) is 27.9. The first-order valence-electron chi connectivity index (χ1n) is 13.7. The van der Waals surface area contributed by atoms with Gasteiger partial charge in [-0.05, 0) is 62.6 Å². The Bertz CT molecular complexity index is 1900. The van der Waals surface area contributed by atoms with Crippen molar-refractivity contribution in [2.75, 3.05) is 6.61 Å². The van der Waals surface area contributed by atoms with Crippen molar-refractivity contribution >= 4 is 23.0 Å². The Balaban J connectivity index is 1.39. The maximum absolute atomic E-state index is 12.6. The second kappa shape index (κ2) is 11.6. The number of hydrogen-bond acceptors (Lipinski definition) is 10. The van der Waals surface area contributed by atoms with Crippen molar-refractivity contribution in [2.24, 2.45) is 4.99 Å². The normalized spacial score (nSPS) is 13.7. The van der Waals surface area contributed by atoms with Crippen molar-refractivity contribution in [3.63, 3.8) is 0 Å². The lowest BCUT2D eigenvalue weighted by Crippen LogP contribution is -2.13. The van der Waals surface area contributed by atoms with Gasteiger partial charge >= 0.3 is 12.0 Å². The van der Waals surface area contributed by atoms with Crippen LogP contribution in [0.1, 0.15) is 58.2 Å². The highest BCUT2D eigenvalue weighted by atomic mass is 32.1. The average molecular weight is 590 g/mol. The third kappa shape index (κ3) is 5.29. The summed E-state index contributed by atoms with van der Waals surface area (Å²) >= 11 is 1.66. The summed E-state index contributed by atoms with van der Waals surface area (Å²) in [6.07, 6.45) is 3.21. The summed E-state index contributed by atoms with van der Waals surface area (Å²) in [5.41, 5.74) is 5.96. The van der Waals surface area contributed by atoms with Crippen molar-refractivity contribution in [2.45, 2.75) is 40.2 Å². The third-order valence-corrected chi connectivity index (χ3v) is 8.43. The summed E-state index contributed by atoms with van der Waals surface area (Å²) in [6, 6.07) is 17.0. The van der Waals surface area contributed by atoms with Crippen LogP contribution < -0.4 is 4.74 Å². The minimum absolute atomic E-state index is 0.0555. The van der Waals surface area contributed by atoms with E-state index in [4.69, 9.17) is 14.5 Å². The van der Waals surface area contributed by atoms with E-state index in [9.17, 15) is 10.1 Å². The number of ether oxygens (including phenoxy) is 2. The zero-order valence-electron chi connectivity index (χ0n) is 24.0. The molecule has 0 radical (unpaired) electrons. The molecule has 10 nitrogen and oxygen atoms in total. The molecule has 5 aromatic rings. The molecule has 1 aliphatic heterocycles. The standard InChI is InChI=1S/C32H27N7O3S/c1-5-41-27(40)16-25-30-38-37-20(4)39(30)31-28(18(2)19(3)43-31)29(36-25)22-9-7-21(8-10-22)23-11-12-26(24(15-23)17-33)42-32-34-13-6-14-35-32/h6-15,25H,5,16H2,1-4H3/t25-/m0/s1. The zero-order valence-corrected chi connectivity index (χ0v) is 24.8. The lowest BCUT2D eigenvalue weighted by Gasteiger charge is -2.13. The predicted octanol–water partition coefficient (Wildman–Crippen LogP) is 6.22. The first-order chi connectivity index (χ1) is 20.9. The molecule has 0 fully saturated rings. The second-order valence-corrected chi connectivity index (χ2v) is 11.1. The molecule has 6 rings (SSSR count). The largest absolute Gasteiger partial charge is 0.466 e. The molecular formula is C32H27N7O3S. The number of carbonyl (C=O) groups excluding carboxylic acids is 1. The number of thiophene rings is 1. The Morgan fingerprint density at radius 1 is 1.02 bits per heavy atom. The molecule has 0 N–H and O–H groups in total. The SMILES string of the molecule is CCOC(=O)C[C@@H]1N=C(c2ccc(-c3ccc(Oc4ncccn4)c(C#N)c3)cc2)c2c(sc(C)c2C)-n2c(C)nnc21. The molecule has 4 heterocycles. The van der Waals surface area contributed by atoms with Crippen molar-refractivity contribution in [1.82, 2.24) is 24.7 Å². The summed E-state index contributed by atoms with van der Waals surface area (Å²) in [5.74, 6) is 1.40. The van der Waals surface area contributed by atoms with Crippen LogP contribution in [0.25, 0.3) is 16.1 Å². The number of rotatable bonds is 7. The molecule has 1 atom stereocenters. The summed E-state index contributed by atoms with van der Waals surface area (Å²) in [5, 5.41) is 19.5. The fourth-order valence-corrected chi connectivity index (χ4v) is 6.26. The highest BCUT2D eigenvalue weighted by molar-refractivity contribution is 7.15. The van der Waals surface area contributed by atoms with Gasteiger partial charge in [-0.1, -0.05) is 30.3 Å². The molecule has 43 heavy (non-hydrogen) atoms. The van der Waals surface area contributed by atoms with Crippen LogP contribution in [-0.4, -0.2) is 43.0 Å². The van der Waals surface area contributed by atoms with Crippen LogP contribution in [0.2, 0.25) is 0 Å². The van der Waals surface area contributed by atoms with Crippen LogP contribution in [0, 0.1) is 32.1 Å². The van der Waals surface area contributed by atoms with E-state index in [1.807, 2.05) is 41.8 Å². The highest BCUT2D eigenvalue weighted by Gasteiger charge is 2.32. The van der Waals surface area contributed by atoms with Crippen molar-refractivity contribution in [3.05, 3.63) is 99.7 Å². The van der Waals surface area contributed by atoms with Crippen molar-refractivity contribution in [3.8, 4) is 34.0 Å². The van der Waals surface area contributed by atoms with Gasteiger partial charge in [-0.15, -0.1) is 21.5 Å². The van der Waals surface area contributed by atoms with Gasteiger partial charge in [-0.3, -0.25) is 14.4 Å². The third-order valence-electron chi connectivity index (χ3n) is 7.24. The Hall–Kier alpha value is -5.21. The molecule has 214 valence electrons. The lowest BCUT2D eigenvalue weighted by atomic mass is 9.96. The van der Waals surface area contributed by atoms with Gasteiger partial charge in [0.1, 0.15) is 28.7 Å². The topological polar surface area (TPSA) is 128 Å². The van der Waals surface area contributed by atoms with Gasteiger partial charge in [-0.2, -0.15) is 5.26 Å². The maximum Gasteiger partial charge on any atom is 0.321 e. The van der Waals surface area contributed by atoms with Crippen LogP contribution in [0.4, 0.5) is 0 Å². The van der Waals surface area contributed by atoms with Gasteiger partial charge in [0.15, 0.2) is 5.82 Å². The van der Waals surface area contributed by atoms with E-state index < -0.39 is 6.04 Å². The number of aliphatic imine (C=N–C) groups is 1. The van der Waals surface area contributed by atoms with E-state index in [0.717, 1.165) is 44.4 Å². The van der Waals surface area contributed by atoms with Crippen LogP contribution in [0.3, 0.4) is 0 Å². The monoisotopic (exact) mass is 589 g/mol. The molecule has 0 saturated carbocycles. The molecule has 0 aliphatic carbocycles. The molecule has 0 bridgehead atoms. The van der Waals surface area contributed by atoms with Gasteiger partial charge < -0.3 is 9.47 Å². The summed E-state index contributed by atoms with van der Waals surface area (Å²) in [7, 11) is 0. The van der Waals surface area contributed by atoms with Gasteiger partial charge in [-0.25, -0.2) is 9.97 Å². The Labute approximate surface area is 252 Å². The molecule has 0 saturated heterocycles. The Morgan fingerprint density at radius 3 is 2.47 bits per heavy atom. The van der Waals surface area contributed by atoms with Crippen LogP contribution in [0.5, 0.6) is 11.8 Å². The molecule has 2 aromatic carbocycles. The minimum Gasteiger partial charge on any atom is -0.466 e. The van der Waals surface area contributed by atoms with Gasteiger partial charge in [0, 0.05) is 28.4 Å². The molecule has 11 heteroatoms. The fourth-order valence-electron chi connectivity index (χ4n) is 5.05. The second-order valence-electron chi connectivity index (χ2n) is 9.94. The smallest absolute Gasteiger partial charge is 0.321 e. The van der Waals surface area contributed by atoms with Gasteiger partial charge in [0.2, 0.25) is 0 Å². The number of hydrogen-bond donors (Lipinski definition) is 0. The van der Waals surface area contributed by atoms with E-state index in [1.165, 1.54) is 4.88 Å². The lowest BCUT2D eigenvalue weighted by molar-refractivity contribution is -0.143. The Morgan fingerprint density at radius 2 is 1.74 bits per heavy atom. The minimum atomic E-state index is -0.562. The van der Waals surface area contributed by atoms with Gasteiger partial charge in [0.05, 0.1) is 24.3 Å². The van der Waals surface area contributed by atoms with E-state index in [-0.39, 0.29) is 18.4 Å². The average Bonchev–Trinajstić information content (AvgIpc) is 3.50. The van der Waals surface area contributed by atoms with E-state index in [0.29, 0.717) is 23.7 Å². The summed E-state index contributed by atoms with van der Waals surface area (Å²) < 4.78 is 13.0. The summed E-state index contributed by atoms with van der Waals surface area (Å²) in [4.78, 5) is 27.1. The number of nitrogens with zero attached hydrogens (tertiary/aromatic N) is 7. The van der Waals surface area contributed by atoms with Crippen LogP contribution in [0.15, 0.2) is 65.9 Å². The van der Waals surface area contributed by atoms with E-state index in [1.54, 1.807) is 48.9 Å². The predicted molar refractivity (Wildman–Crippen MR) is 162 cm³/mol. The maximum atomic E-state index is 12.6. The zero-order chi connectivity index (χ0) is 30.1. The quantitative estimate of drug-likeness (QED) is 0.205. The summed E-state index contributed by atoms with van der Waals surface area (Å²) in [6.45, 7) is 8.17. The molecule has 1 aliphatic rings. The number of esters is 1. The first-order valence-corrected chi connectivity index (χ1v) is 14.6. The molecule has 0 unspecified atom stereocenters. The number of aryl methyl sites for hydroxylation is 2. The number of aromatic nitrogens is 5. The highest BCUT2D eigenvalue weighted by Crippen LogP contribution is 2.40. The number of benzene rings is 2. The van der Waals surface area contributed by atoms with Crippen LogP contribution >= 0.6 is 11.3 Å². The Kier molecular flexibility index (Phi) is 7.52. The van der Waals surface area contributed by atoms with E-state index >= 15 is 0 Å². The number of nitriles is 1. The van der Waals surface area contributed by atoms with Crippen molar-refractivity contribution < 1.29 is 14.3 Å². The number of fused-ring (bicyclic) bond motifs is 3.